The van der Waals surface area contributed by atoms with Crippen LogP contribution in [0.25, 0.3) is 0 Å². The number of hydrogen-bond donors (Lipinski definition) is 0. The van der Waals surface area contributed by atoms with Crippen LogP contribution in [0.15, 0.2) is 18.2 Å². The Balaban J connectivity index is 1.72. The SMILES string of the molecule is CCOC(=O)c1ccc(O[C@@H]2CN(CC)C[C@H]3C[C@H]32)cc1CCl. The predicted octanol–water partition coefficient (Wildman–Crippen LogP) is 3.32. The van der Waals surface area contributed by atoms with E-state index in [9.17, 15) is 4.79 Å². The quantitative estimate of drug-likeness (QED) is 0.589. The topological polar surface area (TPSA) is 38.8 Å². The van der Waals surface area contributed by atoms with Crippen molar-refractivity contribution in [1.82, 2.24) is 4.90 Å². The summed E-state index contributed by atoms with van der Waals surface area (Å²) in [5, 5.41) is 0. The molecule has 0 N–H and O–H groups in total. The molecule has 0 unspecified atom stereocenters. The summed E-state index contributed by atoms with van der Waals surface area (Å²) >= 11 is 6.00. The summed E-state index contributed by atoms with van der Waals surface area (Å²) in [4.78, 5) is 14.4. The van der Waals surface area contributed by atoms with Gasteiger partial charge < -0.3 is 9.47 Å². The molecule has 1 aromatic carbocycles. The Bertz CT molecular complexity index is 577. The highest BCUT2D eigenvalue weighted by molar-refractivity contribution is 6.17. The van der Waals surface area contributed by atoms with E-state index < -0.39 is 0 Å². The molecule has 126 valence electrons. The summed E-state index contributed by atoms with van der Waals surface area (Å²) in [6.45, 7) is 7.60. The van der Waals surface area contributed by atoms with E-state index in [2.05, 4.69) is 11.8 Å². The van der Waals surface area contributed by atoms with Crippen LogP contribution in [-0.4, -0.2) is 43.2 Å². The molecule has 0 amide bonds. The standard InChI is InChI=1S/C18H24ClNO3/c1-3-20-10-13-8-16(13)17(11-20)23-14-5-6-15(12(7-14)9-19)18(21)22-4-2/h5-7,13,16-17H,3-4,8-11H2,1-2H3/t13-,16-,17-/m1/s1. The number of alkyl halides is 1. The third-order valence-corrected chi connectivity index (χ3v) is 5.12. The molecule has 0 spiro atoms. The van der Waals surface area contributed by atoms with E-state index in [1.165, 1.54) is 13.0 Å². The number of likely N-dealkylation sites (tertiary alicyclic amines) is 1. The molecule has 5 heteroatoms. The van der Waals surface area contributed by atoms with Gasteiger partial charge >= 0.3 is 5.97 Å². The zero-order chi connectivity index (χ0) is 16.4. The lowest BCUT2D eigenvalue weighted by Crippen LogP contribution is -2.42. The molecule has 1 aliphatic heterocycles. The molecule has 0 bridgehead atoms. The molecule has 1 saturated heterocycles. The Morgan fingerprint density at radius 3 is 2.87 bits per heavy atom. The number of carbonyl (C=O) groups excluding carboxylic acids is 1. The first-order chi connectivity index (χ1) is 11.2. The number of halogens is 1. The van der Waals surface area contributed by atoms with Crippen LogP contribution >= 0.6 is 11.6 Å². The number of likely N-dealkylation sites (N-methyl/N-ethyl adjacent to an activating group) is 1. The average molecular weight is 338 g/mol. The summed E-state index contributed by atoms with van der Waals surface area (Å²) in [5.41, 5.74) is 1.29. The maximum absolute atomic E-state index is 11.9. The largest absolute Gasteiger partial charge is 0.489 e. The lowest BCUT2D eigenvalue weighted by molar-refractivity contribution is 0.0525. The first kappa shape index (κ1) is 16.6. The molecule has 23 heavy (non-hydrogen) atoms. The fourth-order valence-electron chi connectivity index (χ4n) is 3.45. The summed E-state index contributed by atoms with van der Waals surface area (Å²) in [5.74, 6) is 2.21. The van der Waals surface area contributed by atoms with Crippen molar-refractivity contribution in [2.45, 2.75) is 32.3 Å². The summed E-state index contributed by atoms with van der Waals surface area (Å²) in [6, 6.07) is 5.49. The van der Waals surface area contributed by atoms with Gasteiger partial charge in [-0.25, -0.2) is 4.79 Å². The van der Waals surface area contributed by atoms with Crippen LogP contribution in [0.1, 0.15) is 36.2 Å². The minimum Gasteiger partial charge on any atom is -0.489 e. The Labute approximate surface area is 142 Å². The highest BCUT2D eigenvalue weighted by atomic mass is 35.5. The maximum Gasteiger partial charge on any atom is 0.338 e. The minimum atomic E-state index is -0.327. The van der Waals surface area contributed by atoms with E-state index in [4.69, 9.17) is 21.1 Å². The smallest absolute Gasteiger partial charge is 0.338 e. The van der Waals surface area contributed by atoms with Gasteiger partial charge in [-0.1, -0.05) is 6.92 Å². The normalized spacial score (nSPS) is 26.5. The van der Waals surface area contributed by atoms with Crippen LogP contribution in [0, 0.1) is 11.8 Å². The van der Waals surface area contributed by atoms with E-state index in [-0.39, 0.29) is 18.0 Å². The number of piperidine rings is 1. The van der Waals surface area contributed by atoms with Crippen LogP contribution in [-0.2, 0) is 10.6 Å². The number of esters is 1. The number of hydrogen-bond acceptors (Lipinski definition) is 4. The van der Waals surface area contributed by atoms with Gasteiger partial charge in [0.1, 0.15) is 11.9 Å². The van der Waals surface area contributed by atoms with Crippen molar-refractivity contribution in [3.05, 3.63) is 29.3 Å². The number of nitrogens with zero attached hydrogens (tertiary/aromatic N) is 1. The van der Waals surface area contributed by atoms with Crippen LogP contribution in [0.5, 0.6) is 5.75 Å². The molecule has 3 atom stereocenters. The molecule has 1 heterocycles. The fraction of sp³-hybridized carbons (Fsp3) is 0.611. The number of carbonyl (C=O) groups is 1. The lowest BCUT2D eigenvalue weighted by atomic mass is 10.1. The van der Waals surface area contributed by atoms with Crippen LogP contribution in [0.3, 0.4) is 0 Å². The number of ether oxygens (including phenoxy) is 2. The number of benzene rings is 1. The molecular weight excluding hydrogens is 314 g/mol. The highest BCUT2D eigenvalue weighted by Gasteiger charge is 2.48. The monoisotopic (exact) mass is 337 g/mol. The Morgan fingerprint density at radius 2 is 2.17 bits per heavy atom. The summed E-state index contributed by atoms with van der Waals surface area (Å²) < 4.78 is 11.3. The average Bonchev–Trinajstić information content (AvgIpc) is 3.34. The molecule has 0 radical (unpaired) electrons. The molecule has 4 nitrogen and oxygen atoms in total. The van der Waals surface area contributed by atoms with Gasteiger partial charge in [0.2, 0.25) is 0 Å². The maximum atomic E-state index is 11.9. The second-order valence-electron chi connectivity index (χ2n) is 6.34. The van der Waals surface area contributed by atoms with Crippen molar-refractivity contribution < 1.29 is 14.3 Å². The van der Waals surface area contributed by atoms with Gasteiger partial charge in [0.25, 0.3) is 0 Å². The van der Waals surface area contributed by atoms with Crippen molar-refractivity contribution in [2.75, 3.05) is 26.2 Å². The lowest BCUT2D eigenvalue weighted by Gasteiger charge is -2.31. The summed E-state index contributed by atoms with van der Waals surface area (Å²) in [6.07, 6.45) is 1.51. The van der Waals surface area contributed by atoms with E-state index in [0.717, 1.165) is 30.3 Å². The van der Waals surface area contributed by atoms with E-state index >= 15 is 0 Å². The molecule has 1 saturated carbocycles. The predicted molar refractivity (Wildman–Crippen MR) is 90.1 cm³/mol. The molecule has 1 aliphatic carbocycles. The second-order valence-corrected chi connectivity index (χ2v) is 6.61. The highest BCUT2D eigenvalue weighted by Crippen LogP contribution is 2.46. The van der Waals surface area contributed by atoms with E-state index in [1.54, 1.807) is 13.0 Å². The minimum absolute atomic E-state index is 0.241. The fourth-order valence-corrected chi connectivity index (χ4v) is 3.67. The van der Waals surface area contributed by atoms with Crippen molar-refractivity contribution >= 4 is 17.6 Å². The Kier molecular flexibility index (Phi) is 5.12. The molecule has 2 fully saturated rings. The summed E-state index contributed by atoms with van der Waals surface area (Å²) in [7, 11) is 0. The Morgan fingerprint density at radius 1 is 1.35 bits per heavy atom. The van der Waals surface area contributed by atoms with Gasteiger partial charge in [-0.15, -0.1) is 11.6 Å². The third kappa shape index (κ3) is 3.64. The molecule has 0 aromatic heterocycles. The van der Waals surface area contributed by atoms with Gasteiger partial charge in [-0.2, -0.15) is 0 Å². The van der Waals surface area contributed by atoms with Gasteiger partial charge in [-0.05, 0) is 49.6 Å². The zero-order valence-electron chi connectivity index (χ0n) is 13.8. The second kappa shape index (κ2) is 7.10. The first-order valence-electron chi connectivity index (χ1n) is 8.41. The van der Waals surface area contributed by atoms with Crippen molar-refractivity contribution in [3.63, 3.8) is 0 Å². The van der Waals surface area contributed by atoms with Gasteiger partial charge in [0, 0.05) is 24.9 Å². The molecule has 1 aromatic rings. The molecule has 2 aliphatic rings. The van der Waals surface area contributed by atoms with Gasteiger partial charge in [0.15, 0.2) is 0 Å². The number of fused-ring (bicyclic) bond motifs is 1. The van der Waals surface area contributed by atoms with Gasteiger partial charge in [0.05, 0.1) is 12.2 Å². The van der Waals surface area contributed by atoms with E-state index in [1.807, 2.05) is 12.1 Å². The van der Waals surface area contributed by atoms with Crippen LogP contribution in [0.4, 0.5) is 0 Å². The van der Waals surface area contributed by atoms with Crippen LogP contribution in [0.2, 0.25) is 0 Å². The van der Waals surface area contributed by atoms with Gasteiger partial charge in [-0.3, -0.25) is 4.90 Å². The first-order valence-corrected chi connectivity index (χ1v) is 8.94. The van der Waals surface area contributed by atoms with Crippen molar-refractivity contribution in [1.29, 1.82) is 0 Å². The number of rotatable bonds is 6. The third-order valence-electron chi connectivity index (χ3n) is 4.84. The van der Waals surface area contributed by atoms with Crippen LogP contribution < -0.4 is 4.74 Å². The van der Waals surface area contributed by atoms with E-state index in [0.29, 0.717) is 18.1 Å². The Hall–Kier alpha value is -1.26. The zero-order valence-corrected chi connectivity index (χ0v) is 14.5. The molecule has 3 rings (SSSR count). The molecular formula is C18H24ClNO3. The van der Waals surface area contributed by atoms with Crippen molar-refractivity contribution in [3.8, 4) is 5.75 Å². The van der Waals surface area contributed by atoms with Crippen molar-refractivity contribution in [2.24, 2.45) is 11.8 Å².